The first-order chi connectivity index (χ1) is 5.77. The molecule has 0 spiro atoms. The predicted molar refractivity (Wildman–Crippen MR) is 46.4 cm³/mol. The zero-order valence-corrected chi connectivity index (χ0v) is 6.68. The molecular formula is C9H11FN2. The van der Waals surface area contributed by atoms with E-state index < -0.39 is 0 Å². The molecule has 1 heterocycles. The molecule has 0 saturated carbocycles. The maximum Gasteiger partial charge on any atom is 0.125 e. The van der Waals surface area contributed by atoms with E-state index in [1.165, 1.54) is 12.1 Å². The molecule has 0 aliphatic carbocycles. The fourth-order valence-electron chi connectivity index (χ4n) is 1.52. The molecule has 64 valence electrons. The summed E-state index contributed by atoms with van der Waals surface area (Å²) in [7, 11) is 0. The minimum atomic E-state index is -0.213. The maximum absolute atomic E-state index is 12.7. The second kappa shape index (κ2) is 2.75. The number of nitrogens with one attached hydrogen (secondary N) is 1. The third-order valence-corrected chi connectivity index (χ3v) is 2.19. The Hall–Kier alpha value is -1.09. The van der Waals surface area contributed by atoms with Crippen molar-refractivity contribution in [2.75, 3.05) is 11.9 Å². The third-order valence-electron chi connectivity index (χ3n) is 2.19. The van der Waals surface area contributed by atoms with Crippen LogP contribution in [0.5, 0.6) is 0 Å². The van der Waals surface area contributed by atoms with Crippen LogP contribution >= 0.6 is 0 Å². The first-order valence-corrected chi connectivity index (χ1v) is 4.06. The van der Waals surface area contributed by atoms with Gasteiger partial charge in [-0.15, -0.1) is 0 Å². The van der Waals surface area contributed by atoms with Gasteiger partial charge in [-0.05, 0) is 24.1 Å². The number of halogens is 1. The van der Waals surface area contributed by atoms with Crippen LogP contribution in [0.1, 0.15) is 18.0 Å². The van der Waals surface area contributed by atoms with Crippen LogP contribution in [-0.4, -0.2) is 6.54 Å². The van der Waals surface area contributed by atoms with Gasteiger partial charge in [0.25, 0.3) is 0 Å². The van der Waals surface area contributed by atoms with Crippen molar-refractivity contribution in [3.63, 3.8) is 0 Å². The van der Waals surface area contributed by atoms with E-state index in [-0.39, 0.29) is 11.9 Å². The molecule has 0 aromatic heterocycles. The zero-order valence-electron chi connectivity index (χ0n) is 6.68. The first-order valence-electron chi connectivity index (χ1n) is 4.06. The van der Waals surface area contributed by atoms with Gasteiger partial charge in [-0.2, -0.15) is 0 Å². The van der Waals surface area contributed by atoms with Gasteiger partial charge in [-0.25, -0.2) is 4.39 Å². The van der Waals surface area contributed by atoms with E-state index in [9.17, 15) is 4.39 Å². The SMILES string of the molecule is N[C@@H]1CCNc2cc(F)ccc21. The third kappa shape index (κ3) is 1.16. The Morgan fingerprint density at radius 3 is 3.17 bits per heavy atom. The van der Waals surface area contributed by atoms with Crippen molar-refractivity contribution in [1.82, 2.24) is 0 Å². The van der Waals surface area contributed by atoms with Gasteiger partial charge < -0.3 is 11.1 Å². The summed E-state index contributed by atoms with van der Waals surface area (Å²) < 4.78 is 12.7. The van der Waals surface area contributed by atoms with Crippen LogP contribution in [0.2, 0.25) is 0 Å². The molecule has 1 aliphatic rings. The van der Waals surface area contributed by atoms with E-state index in [0.717, 1.165) is 24.2 Å². The van der Waals surface area contributed by atoms with Crippen molar-refractivity contribution < 1.29 is 4.39 Å². The average Bonchev–Trinajstić information content (AvgIpc) is 2.04. The molecular weight excluding hydrogens is 155 g/mol. The molecule has 3 heteroatoms. The average molecular weight is 166 g/mol. The summed E-state index contributed by atoms with van der Waals surface area (Å²) in [6.07, 6.45) is 0.915. The smallest absolute Gasteiger partial charge is 0.125 e. The number of hydrogen-bond donors (Lipinski definition) is 2. The Bertz CT molecular complexity index is 299. The molecule has 0 unspecified atom stereocenters. The first kappa shape index (κ1) is 7.55. The summed E-state index contributed by atoms with van der Waals surface area (Å²) in [5.41, 5.74) is 7.69. The largest absolute Gasteiger partial charge is 0.385 e. The lowest BCUT2D eigenvalue weighted by Gasteiger charge is -2.23. The molecule has 2 rings (SSSR count). The molecule has 1 aliphatic heterocycles. The zero-order chi connectivity index (χ0) is 8.55. The fraction of sp³-hybridized carbons (Fsp3) is 0.333. The van der Waals surface area contributed by atoms with Crippen LogP contribution in [0.25, 0.3) is 0 Å². The molecule has 0 fully saturated rings. The van der Waals surface area contributed by atoms with Crippen LogP contribution in [-0.2, 0) is 0 Å². The monoisotopic (exact) mass is 166 g/mol. The quantitative estimate of drug-likeness (QED) is 0.615. The fourth-order valence-corrected chi connectivity index (χ4v) is 1.52. The van der Waals surface area contributed by atoms with E-state index in [0.29, 0.717) is 0 Å². The number of hydrogen-bond acceptors (Lipinski definition) is 2. The van der Waals surface area contributed by atoms with Crippen LogP contribution < -0.4 is 11.1 Å². The van der Waals surface area contributed by atoms with Gasteiger partial charge in [0.1, 0.15) is 5.82 Å². The molecule has 2 nitrogen and oxygen atoms in total. The van der Waals surface area contributed by atoms with Gasteiger partial charge in [0, 0.05) is 18.3 Å². The topological polar surface area (TPSA) is 38.0 Å². The van der Waals surface area contributed by atoms with E-state index in [1.54, 1.807) is 6.07 Å². The summed E-state index contributed by atoms with van der Waals surface area (Å²) in [5.74, 6) is -0.213. The molecule has 1 aromatic carbocycles. The summed E-state index contributed by atoms with van der Waals surface area (Å²) in [5, 5.41) is 3.11. The van der Waals surface area contributed by atoms with Crippen molar-refractivity contribution in [3.05, 3.63) is 29.6 Å². The van der Waals surface area contributed by atoms with Crippen molar-refractivity contribution >= 4 is 5.69 Å². The highest BCUT2D eigenvalue weighted by molar-refractivity contribution is 5.54. The summed E-state index contributed by atoms with van der Waals surface area (Å²) >= 11 is 0. The van der Waals surface area contributed by atoms with Crippen molar-refractivity contribution in [2.24, 2.45) is 5.73 Å². The standard InChI is InChI=1S/C9H11FN2/c10-6-1-2-7-8(11)3-4-12-9(7)5-6/h1-2,5,8,12H,3-4,11H2/t8-/m1/s1. The highest BCUT2D eigenvalue weighted by Crippen LogP contribution is 2.28. The molecule has 12 heavy (non-hydrogen) atoms. The summed E-state index contributed by atoms with van der Waals surface area (Å²) in [4.78, 5) is 0. The Balaban J connectivity index is 2.46. The van der Waals surface area contributed by atoms with Gasteiger partial charge in [0.05, 0.1) is 0 Å². The number of rotatable bonds is 0. The Morgan fingerprint density at radius 1 is 1.50 bits per heavy atom. The number of nitrogens with two attached hydrogens (primary N) is 1. The number of anilines is 1. The Kier molecular flexibility index (Phi) is 1.73. The van der Waals surface area contributed by atoms with Crippen LogP contribution in [0.4, 0.5) is 10.1 Å². The minimum Gasteiger partial charge on any atom is -0.385 e. The Labute approximate surface area is 70.6 Å². The maximum atomic E-state index is 12.7. The van der Waals surface area contributed by atoms with Gasteiger partial charge in [0.2, 0.25) is 0 Å². The molecule has 0 radical (unpaired) electrons. The molecule has 1 aromatic rings. The predicted octanol–water partition coefficient (Wildman–Crippen LogP) is 1.64. The van der Waals surface area contributed by atoms with Crippen molar-refractivity contribution in [2.45, 2.75) is 12.5 Å². The van der Waals surface area contributed by atoms with Crippen LogP contribution in [0, 0.1) is 5.82 Å². The van der Waals surface area contributed by atoms with E-state index in [2.05, 4.69) is 5.32 Å². The molecule has 0 saturated heterocycles. The molecule has 1 atom stereocenters. The summed E-state index contributed by atoms with van der Waals surface area (Å²) in [6.45, 7) is 0.831. The van der Waals surface area contributed by atoms with Crippen LogP contribution in [0.3, 0.4) is 0 Å². The van der Waals surface area contributed by atoms with Gasteiger partial charge in [-0.3, -0.25) is 0 Å². The van der Waals surface area contributed by atoms with Crippen LogP contribution in [0.15, 0.2) is 18.2 Å². The lowest BCUT2D eigenvalue weighted by molar-refractivity contribution is 0.616. The van der Waals surface area contributed by atoms with E-state index in [4.69, 9.17) is 5.73 Å². The molecule has 0 bridgehead atoms. The second-order valence-corrected chi connectivity index (χ2v) is 3.05. The lowest BCUT2D eigenvalue weighted by atomic mass is 9.99. The van der Waals surface area contributed by atoms with Gasteiger partial charge in [0.15, 0.2) is 0 Å². The second-order valence-electron chi connectivity index (χ2n) is 3.05. The number of fused-ring (bicyclic) bond motifs is 1. The lowest BCUT2D eigenvalue weighted by Crippen LogP contribution is -2.22. The number of benzene rings is 1. The van der Waals surface area contributed by atoms with Crippen molar-refractivity contribution in [1.29, 1.82) is 0 Å². The van der Waals surface area contributed by atoms with E-state index in [1.807, 2.05) is 0 Å². The molecule has 0 amide bonds. The highest BCUT2D eigenvalue weighted by atomic mass is 19.1. The summed E-state index contributed by atoms with van der Waals surface area (Å²) in [6, 6.07) is 4.75. The highest BCUT2D eigenvalue weighted by Gasteiger charge is 2.15. The Morgan fingerprint density at radius 2 is 2.33 bits per heavy atom. The van der Waals surface area contributed by atoms with E-state index >= 15 is 0 Å². The van der Waals surface area contributed by atoms with Crippen molar-refractivity contribution in [3.8, 4) is 0 Å². The van der Waals surface area contributed by atoms with Gasteiger partial charge >= 0.3 is 0 Å². The minimum absolute atomic E-state index is 0.0573. The van der Waals surface area contributed by atoms with Gasteiger partial charge in [-0.1, -0.05) is 6.07 Å². The normalized spacial score (nSPS) is 21.3. The molecule has 3 N–H and O–H groups in total.